The van der Waals surface area contributed by atoms with Crippen molar-refractivity contribution in [3.05, 3.63) is 69.5 Å². The topological polar surface area (TPSA) is 118 Å². The van der Waals surface area contributed by atoms with Gasteiger partial charge < -0.3 is 16.2 Å². The molecule has 24 heavy (non-hydrogen) atoms. The van der Waals surface area contributed by atoms with Gasteiger partial charge in [-0.2, -0.15) is 0 Å². The molecule has 0 bridgehead atoms. The number of rotatable bonds is 5. The number of nitro groups is 1. The molecule has 126 valence electrons. The number of halogens is 1. The second-order valence-electron chi connectivity index (χ2n) is 5.46. The number of hydrogen-bond donors (Lipinski definition) is 3. The second kappa shape index (κ2) is 6.63. The van der Waals surface area contributed by atoms with E-state index in [1.54, 1.807) is 0 Å². The molecule has 0 saturated carbocycles. The molecule has 0 heterocycles. The molecule has 1 unspecified atom stereocenters. The number of aliphatic hydroxyl groups is 1. The normalized spacial score (nSPS) is 13.1. The highest BCUT2D eigenvalue weighted by molar-refractivity contribution is 6.03. The third kappa shape index (κ3) is 3.66. The molecule has 1 amide bonds. The summed E-state index contributed by atoms with van der Waals surface area (Å²) in [4.78, 5) is 22.6. The Morgan fingerprint density at radius 3 is 2.54 bits per heavy atom. The van der Waals surface area contributed by atoms with Crippen molar-refractivity contribution in [2.75, 3.05) is 12.3 Å². The lowest BCUT2D eigenvalue weighted by atomic mass is 9.96. The number of benzene rings is 2. The van der Waals surface area contributed by atoms with Crippen LogP contribution in [-0.2, 0) is 5.60 Å². The van der Waals surface area contributed by atoms with Crippen LogP contribution in [-0.4, -0.2) is 22.5 Å². The molecule has 0 aromatic heterocycles. The van der Waals surface area contributed by atoms with Gasteiger partial charge in [0.05, 0.1) is 17.2 Å². The van der Waals surface area contributed by atoms with E-state index in [9.17, 15) is 24.4 Å². The quantitative estimate of drug-likeness (QED) is 0.439. The van der Waals surface area contributed by atoms with Crippen LogP contribution in [0.25, 0.3) is 0 Å². The number of hydrogen-bond acceptors (Lipinski definition) is 5. The summed E-state index contributed by atoms with van der Waals surface area (Å²) in [6.45, 7) is 1.20. The molecule has 2 aromatic rings. The van der Waals surface area contributed by atoms with E-state index in [0.29, 0.717) is 5.56 Å². The van der Waals surface area contributed by atoms with E-state index in [1.165, 1.54) is 49.4 Å². The zero-order valence-corrected chi connectivity index (χ0v) is 12.8. The van der Waals surface area contributed by atoms with Crippen LogP contribution < -0.4 is 11.1 Å². The van der Waals surface area contributed by atoms with Crippen molar-refractivity contribution in [1.82, 2.24) is 5.32 Å². The lowest BCUT2D eigenvalue weighted by Crippen LogP contribution is -2.39. The van der Waals surface area contributed by atoms with Gasteiger partial charge in [-0.25, -0.2) is 4.39 Å². The van der Waals surface area contributed by atoms with E-state index < -0.39 is 27.9 Å². The SMILES string of the molecule is CC(O)(CNC(=O)c1c(N)cccc1[N+](=O)[O-])c1ccc(F)cc1. The van der Waals surface area contributed by atoms with E-state index in [4.69, 9.17) is 5.73 Å². The molecular weight excluding hydrogens is 317 g/mol. The first kappa shape index (κ1) is 17.4. The van der Waals surface area contributed by atoms with E-state index in [-0.39, 0.29) is 17.8 Å². The Kier molecular flexibility index (Phi) is 4.79. The fourth-order valence-electron chi connectivity index (χ4n) is 2.21. The van der Waals surface area contributed by atoms with E-state index in [2.05, 4.69) is 5.32 Å². The lowest BCUT2D eigenvalue weighted by Gasteiger charge is -2.24. The third-order valence-corrected chi connectivity index (χ3v) is 3.56. The van der Waals surface area contributed by atoms with Gasteiger partial charge in [0.25, 0.3) is 11.6 Å². The highest BCUT2D eigenvalue weighted by Gasteiger charge is 2.27. The maximum atomic E-state index is 12.9. The van der Waals surface area contributed by atoms with Gasteiger partial charge in [0.15, 0.2) is 0 Å². The smallest absolute Gasteiger partial charge is 0.284 e. The fourth-order valence-corrected chi connectivity index (χ4v) is 2.21. The van der Waals surface area contributed by atoms with Gasteiger partial charge in [0.2, 0.25) is 0 Å². The first-order valence-electron chi connectivity index (χ1n) is 7.02. The number of nitrogens with zero attached hydrogens (tertiary/aromatic N) is 1. The van der Waals surface area contributed by atoms with Crippen molar-refractivity contribution in [3.8, 4) is 0 Å². The average Bonchev–Trinajstić information content (AvgIpc) is 2.52. The van der Waals surface area contributed by atoms with E-state index in [0.717, 1.165) is 0 Å². The standard InChI is InChI=1S/C16H16FN3O4/c1-16(22,10-5-7-11(17)8-6-10)9-19-15(21)14-12(18)3-2-4-13(14)20(23)24/h2-8,22H,9,18H2,1H3,(H,19,21). The molecular formula is C16H16FN3O4. The minimum absolute atomic E-state index is 0.0388. The number of nitro benzene ring substituents is 1. The fraction of sp³-hybridized carbons (Fsp3) is 0.188. The summed E-state index contributed by atoms with van der Waals surface area (Å²) in [5.41, 5.74) is 3.83. The first-order valence-corrected chi connectivity index (χ1v) is 7.02. The summed E-state index contributed by atoms with van der Waals surface area (Å²) in [5.74, 6) is -1.23. The zero-order valence-electron chi connectivity index (χ0n) is 12.8. The molecule has 2 aromatic carbocycles. The molecule has 1 atom stereocenters. The number of nitrogens with two attached hydrogens (primary N) is 1. The van der Waals surface area contributed by atoms with E-state index in [1.807, 2.05) is 0 Å². The van der Waals surface area contributed by atoms with Gasteiger partial charge in [-0.1, -0.05) is 18.2 Å². The van der Waals surface area contributed by atoms with Crippen LogP contribution in [0.3, 0.4) is 0 Å². The molecule has 2 rings (SSSR count). The third-order valence-electron chi connectivity index (χ3n) is 3.56. The average molecular weight is 333 g/mol. The lowest BCUT2D eigenvalue weighted by molar-refractivity contribution is -0.385. The Hall–Kier alpha value is -3.00. The molecule has 0 aliphatic heterocycles. The van der Waals surface area contributed by atoms with Crippen molar-refractivity contribution in [2.24, 2.45) is 0 Å². The molecule has 0 fully saturated rings. The molecule has 7 nitrogen and oxygen atoms in total. The molecule has 4 N–H and O–H groups in total. The van der Waals surface area contributed by atoms with Crippen molar-refractivity contribution >= 4 is 17.3 Å². The predicted octanol–water partition coefficient (Wildman–Crippen LogP) is 1.95. The van der Waals surface area contributed by atoms with Gasteiger partial charge in [-0.05, 0) is 30.7 Å². The van der Waals surface area contributed by atoms with Crippen LogP contribution in [0.5, 0.6) is 0 Å². The Morgan fingerprint density at radius 1 is 1.33 bits per heavy atom. The number of nitrogen functional groups attached to an aromatic ring is 1. The molecule has 0 saturated heterocycles. The number of anilines is 1. The second-order valence-corrected chi connectivity index (χ2v) is 5.46. The van der Waals surface area contributed by atoms with Gasteiger partial charge in [0, 0.05) is 6.07 Å². The largest absolute Gasteiger partial charge is 0.398 e. The molecule has 8 heteroatoms. The van der Waals surface area contributed by atoms with Crippen LogP contribution in [0.15, 0.2) is 42.5 Å². The predicted molar refractivity (Wildman–Crippen MR) is 85.8 cm³/mol. The van der Waals surface area contributed by atoms with Gasteiger partial charge in [-0.3, -0.25) is 14.9 Å². The highest BCUT2D eigenvalue weighted by atomic mass is 19.1. The molecule has 0 aliphatic carbocycles. The summed E-state index contributed by atoms with van der Waals surface area (Å²) >= 11 is 0. The summed E-state index contributed by atoms with van der Waals surface area (Å²) < 4.78 is 12.9. The summed E-state index contributed by atoms with van der Waals surface area (Å²) in [6.07, 6.45) is 0. The number of nitrogens with one attached hydrogen (secondary N) is 1. The number of carbonyl (C=O) groups excluding carboxylic acids is 1. The van der Waals surface area contributed by atoms with Crippen molar-refractivity contribution in [3.63, 3.8) is 0 Å². The summed E-state index contributed by atoms with van der Waals surface area (Å²) in [7, 11) is 0. The van der Waals surface area contributed by atoms with Gasteiger partial charge in [0.1, 0.15) is 17.0 Å². The Morgan fingerprint density at radius 2 is 1.96 bits per heavy atom. The van der Waals surface area contributed by atoms with Crippen molar-refractivity contribution < 1.29 is 19.2 Å². The Bertz CT molecular complexity index is 775. The minimum atomic E-state index is -1.48. The van der Waals surface area contributed by atoms with Crippen molar-refractivity contribution in [1.29, 1.82) is 0 Å². The Labute approximate surface area is 137 Å². The maximum absolute atomic E-state index is 12.9. The van der Waals surface area contributed by atoms with Crippen LogP contribution in [0.1, 0.15) is 22.8 Å². The molecule has 0 radical (unpaired) electrons. The number of carbonyl (C=O) groups is 1. The van der Waals surface area contributed by atoms with Gasteiger partial charge in [-0.15, -0.1) is 0 Å². The Balaban J connectivity index is 2.19. The monoisotopic (exact) mass is 333 g/mol. The number of amides is 1. The van der Waals surface area contributed by atoms with Crippen LogP contribution in [0, 0.1) is 15.9 Å². The van der Waals surface area contributed by atoms with Crippen LogP contribution in [0.2, 0.25) is 0 Å². The molecule has 0 aliphatic rings. The first-order chi connectivity index (χ1) is 11.2. The maximum Gasteiger partial charge on any atom is 0.284 e. The van der Waals surface area contributed by atoms with Crippen LogP contribution >= 0.6 is 0 Å². The van der Waals surface area contributed by atoms with Gasteiger partial charge >= 0.3 is 0 Å². The zero-order chi connectivity index (χ0) is 17.9. The summed E-state index contributed by atoms with van der Waals surface area (Å²) in [5, 5.41) is 23.9. The van der Waals surface area contributed by atoms with Crippen molar-refractivity contribution in [2.45, 2.75) is 12.5 Å². The van der Waals surface area contributed by atoms with E-state index >= 15 is 0 Å². The summed E-state index contributed by atoms with van der Waals surface area (Å²) in [6, 6.07) is 9.07. The highest BCUT2D eigenvalue weighted by Crippen LogP contribution is 2.25. The van der Waals surface area contributed by atoms with Crippen LogP contribution in [0.4, 0.5) is 15.8 Å². The molecule has 0 spiro atoms. The minimum Gasteiger partial charge on any atom is -0.398 e.